The second kappa shape index (κ2) is 10.1. The quantitative estimate of drug-likeness (QED) is 0.545. The van der Waals surface area contributed by atoms with Crippen LogP contribution in [0.2, 0.25) is 0 Å². The number of piperidine rings is 1. The Morgan fingerprint density at radius 3 is 2.76 bits per heavy atom. The molecule has 1 fully saturated rings. The standard InChI is InChI=1S/C20H29NO4/c1-4-6-17-15-18(23-3)7-8-19(17)25-14-13-21-11-9-16(10-12-21)20(22)24-5-2/h4,7-8,15-16H,1,5-6,9-14H2,2-3H3/p+1. The van der Waals surface area contributed by atoms with E-state index < -0.39 is 0 Å². The van der Waals surface area contributed by atoms with Crippen LogP contribution in [-0.2, 0) is 16.0 Å². The van der Waals surface area contributed by atoms with Crippen molar-refractivity contribution in [3.63, 3.8) is 0 Å². The van der Waals surface area contributed by atoms with Gasteiger partial charge in [-0.15, -0.1) is 6.58 Å². The van der Waals surface area contributed by atoms with Crippen LogP contribution in [-0.4, -0.2) is 45.9 Å². The highest BCUT2D eigenvalue weighted by molar-refractivity contribution is 5.72. The number of methoxy groups -OCH3 is 1. The fourth-order valence-electron chi connectivity index (χ4n) is 3.22. The molecule has 2 rings (SSSR count). The van der Waals surface area contributed by atoms with Gasteiger partial charge in [-0.25, -0.2) is 0 Å². The molecule has 0 unspecified atom stereocenters. The maximum atomic E-state index is 11.8. The number of carbonyl (C=O) groups excluding carboxylic acids is 1. The van der Waals surface area contributed by atoms with Crippen molar-refractivity contribution in [3.8, 4) is 11.5 Å². The first-order chi connectivity index (χ1) is 12.2. The molecule has 0 bridgehead atoms. The lowest BCUT2D eigenvalue weighted by Gasteiger charge is -2.28. The van der Waals surface area contributed by atoms with Gasteiger partial charge in [0.15, 0.2) is 0 Å². The number of hydrogen-bond donors (Lipinski definition) is 1. The number of ether oxygens (including phenoxy) is 3. The van der Waals surface area contributed by atoms with E-state index in [2.05, 4.69) is 6.58 Å². The SMILES string of the molecule is C=CCc1cc(OC)ccc1OCC[NH+]1CCC(C(=O)OCC)CC1. The number of hydrogen-bond acceptors (Lipinski definition) is 4. The molecule has 0 spiro atoms. The second-order valence-corrected chi connectivity index (χ2v) is 6.34. The third-order valence-corrected chi connectivity index (χ3v) is 4.66. The first-order valence-corrected chi connectivity index (χ1v) is 9.08. The molecule has 1 aliphatic rings. The normalized spacial score (nSPS) is 19.9. The number of nitrogens with one attached hydrogen (secondary N) is 1. The summed E-state index contributed by atoms with van der Waals surface area (Å²) in [5.41, 5.74) is 1.09. The Balaban J connectivity index is 1.78. The van der Waals surface area contributed by atoms with Gasteiger partial charge in [0, 0.05) is 18.4 Å². The average Bonchev–Trinajstić information content (AvgIpc) is 2.64. The van der Waals surface area contributed by atoms with Crippen LogP contribution in [0, 0.1) is 5.92 Å². The fraction of sp³-hybridized carbons (Fsp3) is 0.550. The largest absolute Gasteiger partial charge is 0.497 e. The highest BCUT2D eigenvalue weighted by atomic mass is 16.5. The summed E-state index contributed by atoms with van der Waals surface area (Å²) in [4.78, 5) is 13.3. The van der Waals surface area contributed by atoms with E-state index in [1.54, 1.807) is 7.11 Å². The van der Waals surface area contributed by atoms with Crippen LogP contribution in [0.25, 0.3) is 0 Å². The summed E-state index contributed by atoms with van der Waals surface area (Å²) < 4.78 is 16.4. The molecule has 0 atom stereocenters. The Bertz CT molecular complexity index is 565. The van der Waals surface area contributed by atoms with Crippen LogP contribution in [0.3, 0.4) is 0 Å². The fourth-order valence-corrected chi connectivity index (χ4v) is 3.22. The zero-order valence-corrected chi connectivity index (χ0v) is 15.4. The van der Waals surface area contributed by atoms with Crippen molar-refractivity contribution < 1.29 is 23.9 Å². The number of benzene rings is 1. The molecule has 1 aromatic rings. The number of allylic oxidation sites excluding steroid dienone is 1. The van der Waals surface area contributed by atoms with E-state index in [1.165, 1.54) is 4.90 Å². The first-order valence-electron chi connectivity index (χ1n) is 9.08. The minimum atomic E-state index is -0.0369. The van der Waals surface area contributed by atoms with Crippen LogP contribution < -0.4 is 14.4 Å². The van der Waals surface area contributed by atoms with Crippen LogP contribution >= 0.6 is 0 Å². The topological polar surface area (TPSA) is 49.2 Å². The van der Waals surface area contributed by atoms with E-state index in [0.29, 0.717) is 13.2 Å². The van der Waals surface area contributed by atoms with Gasteiger partial charge in [0.05, 0.1) is 32.7 Å². The van der Waals surface area contributed by atoms with Crippen LogP contribution in [0.15, 0.2) is 30.9 Å². The van der Waals surface area contributed by atoms with Crippen molar-refractivity contribution in [2.45, 2.75) is 26.2 Å². The minimum Gasteiger partial charge on any atom is -0.497 e. The first kappa shape index (κ1) is 19.3. The van der Waals surface area contributed by atoms with Gasteiger partial charge in [-0.1, -0.05) is 6.08 Å². The second-order valence-electron chi connectivity index (χ2n) is 6.34. The number of esters is 1. The van der Waals surface area contributed by atoms with Gasteiger partial charge in [-0.05, 0) is 31.5 Å². The van der Waals surface area contributed by atoms with Crippen molar-refractivity contribution in [1.82, 2.24) is 0 Å². The van der Waals surface area contributed by atoms with Gasteiger partial charge in [0.25, 0.3) is 0 Å². The predicted octanol–water partition coefficient (Wildman–Crippen LogP) is 1.66. The molecule has 1 heterocycles. The summed E-state index contributed by atoms with van der Waals surface area (Å²) >= 11 is 0. The zero-order chi connectivity index (χ0) is 18.1. The molecular weight excluding hydrogens is 318 g/mol. The number of likely N-dealkylation sites (tertiary alicyclic amines) is 1. The van der Waals surface area contributed by atoms with Crippen molar-refractivity contribution in [2.24, 2.45) is 5.92 Å². The lowest BCUT2D eigenvalue weighted by atomic mass is 9.97. The number of quaternary nitrogens is 1. The molecule has 5 nitrogen and oxygen atoms in total. The van der Waals surface area contributed by atoms with Gasteiger partial charge >= 0.3 is 5.97 Å². The summed E-state index contributed by atoms with van der Waals surface area (Å²) in [7, 11) is 1.66. The van der Waals surface area contributed by atoms with Crippen molar-refractivity contribution in [2.75, 3.05) is 40.0 Å². The minimum absolute atomic E-state index is 0.0369. The molecule has 1 aliphatic heterocycles. The Morgan fingerprint density at radius 2 is 2.12 bits per heavy atom. The van der Waals surface area contributed by atoms with Gasteiger partial charge in [-0.2, -0.15) is 0 Å². The highest BCUT2D eigenvalue weighted by Crippen LogP contribution is 2.24. The third kappa shape index (κ3) is 5.78. The summed E-state index contributed by atoms with van der Waals surface area (Å²) in [6.07, 6.45) is 4.42. The van der Waals surface area contributed by atoms with Gasteiger partial charge < -0.3 is 19.1 Å². The highest BCUT2D eigenvalue weighted by Gasteiger charge is 2.28. The molecule has 1 saturated heterocycles. The van der Waals surface area contributed by atoms with Gasteiger partial charge in [0.2, 0.25) is 0 Å². The summed E-state index contributed by atoms with van der Waals surface area (Å²) in [5, 5.41) is 0. The molecule has 0 radical (unpaired) electrons. The van der Waals surface area contributed by atoms with Crippen LogP contribution in [0.5, 0.6) is 11.5 Å². The molecule has 0 saturated carbocycles. The summed E-state index contributed by atoms with van der Waals surface area (Å²) in [6.45, 7) is 9.72. The Morgan fingerprint density at radius 1 is 1.36 bits per heavy atom. The lowest BCUT2D eigenvalue weighted by molar-refractivity contribution is -0.905. The van der Waals surface area contributed by atoms with E-state index in [4.69, 9.17) is 14.2 Å². The molecule has 0 amide bonds. The molecular formula is C20H30NO4+. The van der Waals surface area contributed by atoms with E-state index >= 15 is 0 Å². The molecule has 0 aliphatic carbocycles. The number of rotatable bonds is 9. The maximum absolute atomic E-state index is 11.8. The van der Waals surface area contributed by atoms with Crippen LogP contribution in [0.4, 0.5) is 0 Å². The summed E-state index contributed by atoms with van der Waals surface area (Å²) in [5.74, 6) is 1.76. The van der Waals surface area contributed by atoms with Gasteiger partial charge in [0.1, 0.15) is 24.7 Å². The van der Waals surface area contributed by atoms with E-state index in [1.807, 2.05) is 31.2 Å². The average molecular weight is 348 g/mol. The molecule has 138 valence electrons. The van der Waals surface area contributed by atoms with E-state index in [0.717, 1.165) is 56.0 Å². The smallest absolute Gasteiger partial charge is 0.309 e. The lowest BCUT2D eigenvalue weighted by Crippen LogP contribution is -3.13. The van der Waals surface area contributed by atoms with Crippen molar-refractivity contribution in [1.29, 1.82) is 0 Å². The predicted molar refractivity (Wildman–Crippen MR) is 97.3 cm³/mol. The summed E-state index contributed by atoms with van der Waals surface area (Å²) in [6, 6.07) is 5.87. The molecule has 0 aromatic heterocycles. The Kier molecular flexibility index (Phi) is 7.79. The van der Waals surface area contributed by atoms with E-state index in [-0.39, 0.29) is 11.9 Å². The third-order valence-electron chi connectivity index (χ3n) is 4.66. The van der Waals surface area contributed by atoms with E-state index in [9.17, 15) is 4.79 Å². The molecule has 25 heavy (non-hydrogen) atoms. The van der Waals surface area contributed by atoms with Crippen LogP contribution in [0.1, 0.15) is 25.3 Å². The Hall–Kier alpha value is -2.01. The maximum Gasteiger partial charge on any atom is 0.309 e. The van der Waals surface area contributed by atoms with Crippen molar-refractivity contribution >= 4 is 5.97 Å². The zero-order valence-electron chi connectivity index (χ0n) is 15.4. The molecule has 1 aromatic carbocycles. The monoisotopic (exact) mass is 348 g/mol. The van der Waals surface area contributed by atoms with Gasteiger partial charge in [-0.3, -0.25) is 4.79 Å². The Labute approximate surface area is 150 Å². The van der Waals surface area contributed by atoms with Crippen molar-refractivity contribution in [3.05, 3.63) is 36.4 Å². The molecule has 5 heteroatoms. The molecule has 1 N–H and O–H groups in total. The number of carbonyl (C=O) groups is 1.